The lowest BCUT2D eigenvalue weighted by atomic mass is 9.81. The standard InChI is InChI=1S/C20H12BrN5/c21-18-13(9-22)7-4-8-14(18)17-15(10-23)19(12-5-2-1-3-6-12)25-20-16(17)11-24-26-20/h1-8,11,17H,(H2,24,25,26). The molecule has 0 radical (unpaired) electrons. The molecule has 0 bridgehead atoms. The van der Waals surface area contributed by atoms with E-state index in [2.05, 4.69) is 43.6 Å². The van der Waals surface area contributed by atoms with E-state index in [1.54, 1.807) is 12.3 Å². The van der Waals surface area contributed by atoms with Gasteiger partial charge < -0.3 is 5.32 Å². The van der Waals surface area contributed by atoms with Crippen molar-refractivity contribution in [3.05, 3.63) is 87.0 Å². The van der Waals surface area contributed by atoms with Gasteiger partial charge in [0.25, 0.3) is 0 Å². The second-order valence-electron chi connectivity index (χ2n) is 5.83. The van der Waals surface area contributed by atoms with Crippen molar-refractivity contribution in [1.29, 1.82) is 10.5 Å². The van der Waals surface area contributed by atoms with E-state index >= 15 is 0 Å². The van der Waals surface area contributed by atoms with Crippen molar-refractivity contribution in [3.8, 4) is 12.1 Å². The number of allylic oxidation sites excluding steroid dienone is 1. The van der Waals surface area contributed by atoms with E-state index in [-0.39, 0.29) is 5.92 Å². The van der Waals surface area contributed by atoms with Gasteiger partial charge >= 0.3 is 0 Å². The number of nitrogens with zero attached hydrogens (tertiary/aromatic N) is 3. The lowest BCUT2D eigenvalue weighted by Gasteiger charge is -2.27. The second kappa shape index (κ2) is 6.51. The summed E-state index contributed by atoms with van der Waals surface area (Å²) in [5, 5.41) is 29.8. The number of benzene rings is 2. The number of aromatic amines is 1. The highest BCUT2D eigenvalue weighted by Gasteiger charge is 2.33. The van der Waals surface area contributed by atoms with Gasteiger partial charge in [0.05, 0.1) is 28.8 Å². The predicted molar refractivity (Wildman–Crippen MR) is 102 cm³/mol. The maximum atomic E-state index is 9.98. The zero-order valence-corrected chi connectivity index (χ0v) is 15.1. The number of anilines is 1. The van der Waals surface area contributed by atoms with Gasteiger partial charge in [-0.1, -0.05) is 42.5 Å². The second-order valence-corrected chi connectivity index (χ2v) is 6.63. The molecule has 2 heterocycles. The van der Waals surface area contributed by atoms with Crippen molar-refractivity contribution >= 4 is 27.4 Å². The van der Waals surface area contributed by atoms with Gasteiger partial charge in [0.1, 0.15) is 6.07 Å². The molecule has 0 fully saturated rings. The van der Waals surface area contributed by atoms with Crippen molar-refractivity contribution in [2.45, 2.75) is 5.92 Å². The molecule has 124 valence electrons. The molecule has 0 saturated carbocycles. The first-order chi connectivity index (χ1) is 12.7. The average molecular weight is 402 g/mol. The summed E-state index contributed by atoms with van der Waals surface area (Å²) in [6.45, 7) is 0. The summed E-state index contributed by atoms with van der Waals surface area (Å²) in [6.07, 6.45) is 1.79. The molecule has 26 heavy (non-hydrogen) atoms. The zero-order valence-electron chi connectivity index (χ0n) is 13.5. The minimum Gasteiger partial charge on any atom is -0.337 e. The van der Waals surface area contributed by atoms with Crippen LogP contribution in [0, 0.1) is 22.7 Å². The minimum atomic E-state index is -0.326. The Morgan fingerprint density at radius 1 is 0.962 bits per heavy atom. The normalized spacial score (nSPS) is 15.6. The molecule has 1 aromatic heterocycles. The molecule has 3 aromatic rings. The van der Waals surface area contributed by atoms with Crippen LogP contribution in [-0.4, -0.2) is 10.2 Å². The molecule has 1 atom stereocenters. The fourth-order valence-corrected chi connectivity index (χ4v) is 3.82. The van der Waals surface area contributed by atoms with Crippen molar-refractivity contribution in [3.63, 3.8) is 0 Å². The van der Waals surface area contributed by atoms with Crippen LogP contribution in [0.25, 0.3) is 5.70 Å². The van der Waals surface area contributed by atoms with Gasteiger partial charge in [0.2, 0.25) is 0 Å². The molecular formula is C20H12BrN5. The summed E-state index contributed by atoms with van der Waals surface area (Å²) in [4.78, 5) is 0. The number of halogens is 1. The fraction of sp³-hybridized carbons (Fsp3) is 0.0500. The van der Waals surface area contributed by atoms with Crippen LogP contribution < -0.4 is 5.32 Å². The summed E-state index contributed by atoms with van der Waals surface area (Å²) in [6, 6.07) is 19.8. The number of H-pyrrole nitrogens is 1. The highest BCUT2D eigenvalue weighted by molar-refractivity contribution is 9.10. The number of hydrogen-bond acceptors (Lipinski definition) is 4. The number of aromatic nitrogens is 2. The molecule has 4 rings (SSSR count). The zero-order chi connectivity index (χ0) is 18.1. The Labute approximate surface area is 158 Å². The third-order valence-corrected chi connectivity index (χ3v) is 5.31. The van der Waals surface area contributed by atoms with Crippen LogP contribution in [-0.2, 0) is 0 Å². The summed E-state index contributed by atoms with van der Waals surface area (Å²) >= 11 is 3.54. The van der Waals surface area contributed by atoms with Crippen LogP contribution in [0.2, 0.25) is 0 Å². The smallest absolute Gasteiger partial charge is 0.156 e. The monoisotopic (exact) mass is 401 g/mol. The maximum absolute atomic E-state index is 9.98. The Morgan fingerprint density at radius 2 is 1.77 bits per heavy atom. The van der Waals surface area contributed by atoms with Gasteiger partial charge in [-0.3, -0.25) is 5.10 Å². The molecule has 5 nitrogen and oxygen atoms in total. The van der Waals surface area contributed by atoms with Crippen molar-refractivity contribution in [2.75, 3.05) is 5.32 Å². The number of nitrogens with one attached hydrogen (secondary N) is 2. The first kappa shape index (κ1) is 16.1. The summed E-state index contributed by atoms with van der Waals surface area (Å²) in [5.41, 5.74) is 4.49. The summed E-state index contributed by atoms with van der Waals surface area (Å²) in [7, 11) is 0. The van der Waals surface area contributed by atoms with Crippen LogP contribution in [0.15, 0.2) is 64.8 Å². The van der Waals surface area contributed by atoms with Crippen LogP contribution in [0.4, 0.5) is 5.82 Å². The Hall–Kier alpha value is -3.35. The van der Waals surface area contributed by atoms with E-state index in [1.807, 2.05) is 42.5 Å². The Kier molecular flexibility index (Phi) is 4.04. The summed E-state index contributed by atoms with van der Waals surface area (Å²) < 4.78 is 0.696. The lowest BCUT2D eigenvalue weighted by Crippen LogP contribution is -2.17. The summed E-state index contributed by atoms with van der Waals surface area (Å²) in [5.74, 6) is 0.356. The number of nitriles is 2. The van der Waals surface area contributed by atoms with Gasteiger partial charge in [0, 0.05) is 16.2 Å². The Balaban J connectivity index is 2.00. The van der Waals surface area contributed by atoms with Crippen LogP contribution >= 0.6 is 15.9 Å². The third kappa shape index (κ3) is 2.48. The van der Waals surface area contributed by atoms with E-state index in [1.165, 1.54) is 0 Å². The molecule has 1 unspecified atom stereocenters. The molecule has 0 saturated heterocycles. The van der Waals surface area contributed by atoms with Crippen LogP contribution in [0.3, 0.4) is 0 Å². The van der Waals surface area contributed by atoms with Gasteiger partial charge in [0.15, 0.2) is 5.82 Å². The van der Waals surface area contributed by atoms with E-state index < -0.39 is 0 Å². The lowest BCUT2D eigenvalue weighted by molar-refractivity contribution is 0.962. The topological polar surface area (TPSA) is 88.3 Å². The number of rotatable bonds is 2. The van der Waals surface area contributed by atoms with Crippen molar-refractivity contribution in [2.24, 2.45) is 0 Å². The predicted octanol–water partition coefficient (Wildman–Crippen LogP) is 4.54. The van der Waals surface area contributed by atoms with Crippen LogP contribution in [0.1, 0.15) is 28.2 Å². The van der Waals surface area contributed by atoms with E-state index in [0.29, 0.717) is 21.4 Å². The molecule has 0 amide bonds. The molecule has 2 aromatic carbocycles. The van der Waals surface area contributed by atoms with Gasteiger partial charge in [-0.2, -0.15) is 15.6 Å². The number of fused-ring (bicyclic) bond motifs is 1. The van der Waals surface area contributed by atoms with Gasteiger partial charge in [-0.25, -0.2) is 0 Å². The van der Waals surface area contributed by atoms with Gasteiger partial charge in [-0.05, 0) is 33.1 Å². The van der Waals surface area contributed by atoms with Crippen molar-refractivity contribution < 1.29 is 0 Å². The SMILES string of the molecule is N#CC1=C(c2ccccc2)Nc2n[nH]cc2C1c1cccc(C#N)c1Br. The fourth-order valence-electron chi connectivity index (χ4n) is 3.24. The maximum Gasteiger partial charge on any atom is 0.156 e. The van der Waals surface area contributed by atoms with E-state index in [0.717, 1.165) is 22.4 Å². The molecule has 1 aliphatic heterocycles. The number of hydrogen-bond donors (Lipinski definition) is 2. The molecular weight excluding hydrogens is 390 g/mol. The van der Waals surface area contributed by atoms with E-state index in [9.17, 15) is 10.5 Å². The third-order valence-electron chi connectivity index (χ3n) is 4.43. The van der Waals surface area contributed by atoms with Gasteiger partial charge in [-0.15, -0.1) is 0 Å². The van der Waals surface area contributed by atoms with Crippen LogP contribution in [0.5, 0.6) is 0 Å². The van der Waals surface area contributed by atoms with Crippen molar-refractivity contribution in [1.82, 2.24) is 10.2 Å². The largest absolute Gasteiger partial charge is 0.337 e. The highest BCUT2D eigenvalue weighted by atomic mass is 79.9. The molecule has 0 aliphatic carbocycles. The first-order valence-electron chi connectivity index (χ1n) is 7.93. The quantitative estimate of drug-likeness (QED) is 0.659. The molecule has 1 aliphatic rings. The molecule has 6 heteroatoms. The van der Waals surface area contributed by atoms with E-state index in [4.69, 9.17) is 0 Å². The Morgan fingerprint density at radius 3 is 2.50 bits per heavy atom. The average Bonchev–Trinajstić information content (AvgIpc) is 3.16. The highest BCUT2D eigenvalue weighted by Crippen LogP contribution is 2.45. The Bertz CT molecular complexity index is 1100. The first-order valence-corrected chi connectivity index (χ1v) is 8.72. The minimum absolute atomic E-state index is 0.326. The molecule has 0 spiro atoms. The molecule has 2 N–H and O–H groups in total.